The molecule has 0 fully saturated rings. The van der Waals surface area contributed by atoms with Gasteiger partial charge in [0.1, 0.15) is 0 Å². The van der Waals surface area contributed by atoms with Gasteiger partial charge in [-0.15, -0.1) is 10.2 Å². The van der Waals surface area contributed by atoms with Crippen LogP contribution in [0.15, 0.2) is 35.2 Å². The van der Waals surface area contributed by atoms with Crippen LogP contribution in [0.4, 0.5) is 0 Å². The first-order valence-electron chi connectivity index (χ1n) is 7.53. The van der Waals surface area contributed by atoms with E-state index >= 15 is 0 Å². The molecule has 8 nitrogen and oxygen atoms in total. The first-order valence-corrected chi connectivity index (χ1v) is 9.80. The van der Waals surface area contributed by atoms with Gasteiger partial charge in [0.25, 0.3) is 5.91 Å². The van der Waals surface area contributed by atoms with Gasteiger partial charge in [0.2, 0.25) is 5.82 Å². The third kappa shape index (κ3) is 2.74. The fourth-order valence-electron chi connectivity index (χ4n) is 2.98. The van der Waals surface area contributed by atoms with E-state index in [1.54, 1.807) is 18.2 Å². The van der Waals surface area contributed by atoms with Crippen LogP contribution in [0.1, 0.15) is 15.9 Å². The summed E-state index contributed by atoms with van der Waals surface area (Å²) in [4.78, 5) is 12.0. The van der Waals surface area contributed by atoms with Crippen molar-refractivity contribution in [3.63, 3.8) is 0 Å². The number of H-pyrrole nitrogens is 1. The molecule has 26 heavy (non-hydrogen) atoms. The Morgan fingerprint density at radius 3 is 2.65 bits per heavy atom. The van der Waals surface area contributed by atoms with Gasteiger partial charge in [-0.05, 0) is 40.1 Å². The highest BCUT2D eigenvalue weighted by molar-refractivity contribution is 7.90. The normalized spacial score (nSPS) is 13.5. The monoisotopic (exact) mass is 389 g/mol. The Labute approximate surface area is 153 Å². The van der Waals surface area contributed by atoms with Crippen molar-refractivity contribution in [3.8, 4) is 22.5 Å². The molecule has 0 bridgehead atoms. The molecule has 4 rings (SSSR count). The maximum absolute atomic E-state index is 12.3. The van der Waals surface area contributed by atoms with E-state index in [0.29, 0.717) is 23.2 Å². The van der Waals surface area contributed by atoms with Crippen molar-refractivity contribution in [3.05, 3.63) is 46.5 Å². The Morgan fingerprint density at radius 2 is 1.96 bits per heavy atom. The third-order valence-electron chi connectivity index (χ3n) is 4.14. The highest BCUT2D eigenvalue weighted by Crippen LogP contribution is 2.38. The minimum Gasteiger partial charge on any atom is -0.348 e. The van der Waals surface area contributed by atoms with Gasteiger partial charge in [-0.3, -0.25) is 4.79 Å². The van der Waals surface area contributed by atoms with Crippen LogP contribution < -0.4 is 5.32 Å². The van der Waals surface area contributed by atoms with Gasteiger partial charge >= 0.3 is 0 Å². The quantitative estimate of drug-likeness (QED) is 0.705. The number of fused-ring (bicyclic) bond motifs is 1. The molecule has 1 aromatic heterocycles. The van der Waals surface area contributed by atoms with Gasteiger partial charge in [0, 0.05) is 29.0 Å². The van der Waals surface area contributed by atoms with Gasteiger partial charge < -0.3 is 5.32 Å². The number of rotatable bonds is 3. The Bertz CT molecular complexity index is 1140. The Balaban J connectivity index is 2.05. The number of nitrogens with one attached hydrogen (secondary N) is 2. The fraction of sp³-hybridized carbons (Fsp3) is 0.125. The second kappa shape index (κ2) is 5.89. The van der Waals surface area contributed by atoms with Crippen molar-refractivity contribution in [2.45, 2.75) is 11.4 Å². The molecule has 0 saturated carbocycles. The van der Waals surface area contributed by atoms with E-state index in [2.05, 4.69) is 25.9 Å². The number of halogens is 1. The van der Waals surface area contributed by atoms with Gasteiger partial charge in [0.15, 0.2) is 9.84 Å². The average Bonchev–Trinajstić information content (AvgIpc) is 3.23. The predicted molar refractivity (Wildman–Crippen MR) is 94.3 cm³/mol. The number of carbonyl (C=O) groups is 1. The average molecular weight is 390 g/mol. The molecule has 0 radical (unpaired) electrons. The van der Waals surface area contributed by atoms with Gasteiger partial charge in [0.05, 0.1) is 4.90 Å². The lowest BCUT2D eigenvalue weighted by Crippen LogP contribution is -2.12. The summed E-state index contributed by atoms with van der Waals surface area (Å²) < 4.78 is 24.6. The van der Waals surface area contributed by atoms with E-state index in [9.17, 15) is 13.2 Å². The largest absolute Gasteiger partial charge is 0.348 e. The molecule has 1 aliphatic rings. The zero-order valence-corrected chi connectivity index (χ0v) is 15.0. The number of tetrazole rings is 1. The third-order valence-corrected chi connectivity index (χ3v) is 5.48. The lowest BCUT2D eigenvalue weighted by Gasteiger charge is -2.13. The molecule has 2 aromatic carbocycles. The molecule has 0 spiro atoms. The second-order valence-corrected chi connectivity index (χ2v) is 8.31. The van der Waals surface area contributed by atoms with Crippen LogP contribution in [0.5, 0.6) is 0 Å². The van der Waals surface area contributed by atoms with Crippen molar-refractivity contribution in [1.29, 1.82) is 0 Å². The van der Waals surface area contributed by atoms with E-state index in [-0.39, 0.29) is 27.2 Å². The molecule has 0 atom stereocenters. The van der Waals surface area contributed by atoms with Crippen molar-refractivity contribution in [2.24, 2.45) is 0 Å². The van der Waals surface area contributed by atoms with E-state index in [1.165, 1.54) is 6.07 Å². The summed E-state index contributed by atoms with van der Waals surface area (Å²) in [5, 5.41) is 16.7. The van der Waals surface area contributed by atoms with Crippen molar-refractivity contribution in [2.75, 3.05) is 6.26 Å². The first-order chi connectivity index (χ1) is 12.3. The van der Waals surface area contributed by atoms with Crippen LogP contribution in [0.25, 0.3) is 22.5 Å². The van der Waals surface area contributed by atoms with Crippen molar-refractivity contribution >= 4 is 27.3 Å². The number of hydrogen-bond donors (Lipinski definition) is 2. The van der Waals surface area contributed by atoms with Crippen LogP contribution in [0, 0.1) is 0 Å². The molecule has 0 aliphatic carbocycles. The van der Waals surface area contributed by atoms with Gasteiger partial charge in [-0.1, -0.05) is 23.7 Å². The summed E-state index contributed by atoms with van der Waals surface area (Å²) in [7, 11) is -3.62. The van der Waals surface area contributed by atoms with Crippen LogP contribution >= 0.6 is 11.6 Å². The predicted octanol–water partition coefficient (Wildman–Crippen LogP) is 1.83. The van der Waals surface area contributed by atoms with Crippen LogP contribution in [0.3, 0.4) is 0 Å². The van der Waals surface area contributed by atoms with E-state index in [4.69, 9.17) is 11.6 Å². The summed E-state index contributed by atoms with van der Waals surface area (Å²) >= 11 is 6.18. The number of nitrogens with zero attached hydrogens (tertiary/aromatic N) is 3. The maximum Gasteiger partial charge on any atom is 0.251 e. The SMILES string of the molecule is CS(=O)(=O)c1cc(Cl)cc(-c2ccc3c(c2)C(=O)NC3)c1-c1nn[nH]n1. The number of hydrogen-bond acceptors (Lipinski definition) is 6. The lowest BCUT2D eigenvalue weighted by molar-refractivity contribution is 0.0966. The number of carbonyl (C=O) groups excluding carboxylic acids is 1. The minimum absolute atomic E-state index is 0.00801. The summed E-state index contributed by atoms with van der Waals surface area (Å²) in [5.74, 6) is -0.0460. The van der Waals surface area contributed by atoms with Gasteiger partial charge in [-0.2, -0.15) is 5.21 Å². The fourth-order valence-corrected chi connectivity index (χ4v) is 4.18. The highest BCUT2D eigenvalue weighted by Gasteiger charge is 2.25. The molecule has 2 heterocycles. The Kier molecular flexibility index (Phi) is 3.78. The number of aromatic amines is 1. The van der Waals surface area contributed by atoms with Crippen LogP contribution in [-0.4, -0.2) is 41.2 Å². The highest BCUT2D eigenvalue weighted by atomic mass is 35.5. The summed E-state index contributed by atoms with van der Waals surface area (Å²) in [6.45, 7) is 0.469. The summed E-state index contributed by atoms with van der Waals surface area (Å²) in [5.41, 5.74) is 2.84. The van der Waals surface area contributed by atoms with Crippen LogP contribution in [0.2, 0.25) is 5.02 Å². The maximum atomic E-state index is 12.3. The van der Waals surface area contributed by atoms with E-state index in [1.807, 2.05) is 6.07 Å². The molecule has 0 saturated heterocycles. The topological polar surface area (TPSA) is 118 Å². The molecule has 132 valence electrons. The molecular weight excluding hydrogens is 378 g/mol. The summed E-state index contributed by atoms with van der Waals surface area (Å²) in [6.07, 6.45) is 1.09. The second-order valence-electron chi connectivity index (χ2n) is 5.89. The molecule has 1 amide bonds. The summed E-state index contributed by atoms with van der Waals surface area (Å²) in [6, 6.07) is 8.31. The lowest BCUT2D eigenvalue weighted by atomic mass is 9.96. The standard InChI is InChI=1S/C16H12ClN5O3S/c1-26(24,25)13-6-10(17)5-11(14(13)15-19-21-22-20-15)8-2-3-9-7-18-16(23)12(9)4-8/h2-6H,7H2,1H3,(H,18,23)(H,19,20,21,22). The molecule has 0 unspecified atom stereocenters. The van der Waals surface area contributed by atoms with Crippen LogP contribution in [-0.2, 0) is 16.4 Å². The molecular formula is C16H12ClN5O3S. The van der Waals surface area contributed by atoms with Gasteiger partial charge in [-0.25, -0.2) is 8.42 Å². The molecule has 10 heteroatoms. The first kappa shape index (κ1) is 16.7. The van der Waals surface area contributed by atoms with E-state index in [0.717, 1.165) is 11.8 Å². The smallest absolute Gasteiger partial charge is 0.251 e. The van der Waals surface area contributed by atoms with Crippen molar-refractivity contribution < 1.29 is 13.2 Å². The Hall–Kier alpha value is -2.78. The molecule has 3 aromatic rings. The number of amides is 1. The van der Waals surface area contributed by atoms with Crippen molar-refractivity contribution in [1.82, 2.24) is 25.9 Å². The number of aromatic nitrogens is 4. The zero-order valence-electron chi connectivity index (χ0n) is 13.4. The molecule has 1 aliphatic heterocycles. The Morgan fingerprint density at radius 1 is 1.15 bits per heavy atom. The molecule has 2 N–H and O–H groups in total. The number of sulfone groups is 1. The zero-order chi connectivity index (χ0) is 18.5. The van der Waals surface area contributed by atoms with E-state index < -0.39 is 9.84 Å². The minimum atomic E-state index is -3.62. The number of benzene rings is 2.